The Morgan fingerprint density at radius 2 is 1.74 bits per heavy atom. The molecule has 1 aromatic carbocycles. The molecule has 1 aromatic heterocycles. The lowest BCUT2D eigenvalue weighted by Crippen LogP contribution is -2.35. The van der Waals surface area contributed by atoms with Gasteiger partial charge in [0.2, 0.25) is 5.69 Å². The number of aryl methyl sites for hydroxylation is 2. The summed E-state index contributed by atoms with van der Waals surface area (Å²) < 4.78 is 2.27. The lowest BCUT2D eigenvalue weighted by atomic mass is 10.1. The topological polar surface area (TPSA) is 3.88 Å². The minimum absolute atomic E-state index is 0.771. The standard InChI is InChI=1S/C17H19ClN/c1-3-14-7-11-17(19(4-2)13-14)12-8-15-5-9-16(18)10-6-15/h5-13H,3-4H2,1-2H3/q+1/b12-8+. The minimum Gasteiger partial charge on any atom is -0.199 e. The van der Waals surface area contributed by atoms with Gasteiger partial charge >= 0.3 is 0 Å². The van der Waals surface area contributed by atoms with Crippen LogP contribution in [-0.2, 0) is 13.0 Å². The van der Waals surface area contributed by atoms with Gasteiger partial charge in [-0.05, 0) is 43.2 Å². The zero-order valence-electron chi connectivity index (χ0n) is 11.4. The highest BCUT2D eigenvalue weighted by atomic mass is 35.5. The molecule has 0 amide bonds. The van der Waals surface area contributed by atoms with Gasteiger partial charge < -0.3 is 0 Å². The van der Waals surface area contributed by atoms with Crippen LogP contribution < -0.4 is 4.57 Å². The van der Waals surface area contributed by atoms with E-state index < -0.39 is 0 Å². The summed E-state index contributed by atoms with van der Waals surface area (Å²) in [6.07, 6.45) is 7.55. The fourth-order valence-corrected chi connectivity index (χ4v) is 2.12. The molecule has 0 aliphatic carbocycles. The Morgan fingerprint density at radius 3 is 2.37 bits per heavy atom. The van der Waals surface area contributed by atoms with Gasteiger partial charge in [-0.1, -0.05) is 30.7 Å². The second-order valence-electron chi connectivity index (χ2n) is 4.49. The molecule has 2 heteroatoms. The molecule has 0 radical (unpaired) electrons. The molecule has 2 rings (SSSR count). The van der Waals surface area contributed by atoms with Crippen LogP contribution in [-0.4, -0.2) is 0 Å². The number of benzene rings is 1. The first kappa shape index (κ1) is 13.8. The minimum atomic E-state index is 0.771. The van der Waals surface area contributed by atoms with Crippen molar-refractivity contribution < 1.29 is 4.57 Å². The van der Waals surface area contributed by atoms with E-state index in [0.29, 0.717) is 0 Å². The van der Waals surface area contributed by atoms with Gasteiger partial charge in [-0.15, -0.1) is 0 Å². The van der Waals surface area contributed by atoms with Crippen LogP contribution in [0.25, 0.3) is 12.2 Å². The van der Waals surface area contributed by atoms with E-state index in [2.05, 4.69) is 48.9 Å². The third kappa shape index (κ3) is 3.68. The molecular weight excluding hydrogens is 254 g/mol. The predicted molar refractivity (Wildman–Crippen MR) is 82.1 cm³/mol. The van der Waals surface area contributed by atoms with Gasteiger partial charge in [-0.25, -0.2) is 0 Å². The first-order valence-corrected chi connectivity index (χ1v) is 7.06. The van der Waals surface area contributed by atoms with Crippen LogP contribution in [0.3, 0.4) is 0 Å². The average Bonchev–Trinajstić information content (AvgIpc) is 2.46. The molecule has 2 aromatic rings. The van der Waals surface area contributed by atoms with E-state index in [1.807, 2.05) is 24.3 Å². The summed E-state index contributed by atoms with van der Waals surface area (Å²) in [6, 6.07) is 12.2. The molecule has 1 heterocycles. The van der Waals surface area contributed by atoms with Gasteiger partial charge in [0.25, 0.3) is 0 Å². The molecule has 1 nitrogen and oxygen atoms in total. The summed E-state index contributed by atoms with van der Waals surface area (Å²) in [5, 5.41) is 0.771. The maximum Gasteiger partial charge on any atom is 0.205 e. The third-order valence-corrected chi connectivity index (χ3v) is 3.44. The smallest absolute Gasteiger partial charge is 0.199 e. The van der Waals surface area contributed by atoms with E-state index in [9.17, 15) is 0 Å². The quantitative estimate of drug-likeness (QED) is 0.727. The Labute approximate surface area is 120 Å². The molecule has 98 valence electrons. The van der Waals surface area contributed by atoms with Gasteiger partial charge in [0.1, 0.15) is 6.54 Å². The Bertz CT molecular complexity index is 570. The van der Waals surface area contributed by atoms with Crippen molar-refractivity contribution in [1.82, 2.24) is 0 Å². The van der Waals surface area contributed by atoms with E-state index in [1.54, 1.807) is 0 Å². The molecule has 0 N–H and O–H groups in total. The molecule has 0 atom stereocenters. The fraction of sp³-hybridized carbons (Fsp3) is 0.235. The highest BCUT2D eigenvalue weighted by molar-refractivity contribution is 6.30. The molecule has 19 heavy (non-hydrogen) atoms. The second-order valence-corrected chi connectivity index (χ2v) is 4.92. The van der Waals surface area contributed by atoms with Crippen molar-refractivity contribution in [2.75, 3.05) is 0 Å². The fourth-order valence-electron chi connectivity index (χ4n) is 2.00. The lowest BCUT2D eigenvalue weighted by molar-refractivity contribution is -0.695. The van der Waals surface area contributed by atoms with Crippen molar-refractivity contribution in [2.24, 2.45) is 0 Å². The number of hydrogen-bond acceptors (Lipinski definition) is 0. The molecule has 0 fully saturated rings. The van der Waals surface area contributed by atoms with Crippen LogP contribution in [0.4, 0.5) is 0 Å². The summed E-state index contributed by atoms with van der Waals surface area (Å²) >= 11 is 5.88. The Hall–Kier alpha value is -1.60. The molecule has 0 aliphatic rings. The number of aromatic nitrogens is 1. The molecule has 0 saturated carbocycles. The molecule has 0 spiro atoms. The first-order chi connectivity index (χ1) is 9.22. The maximum atomic E-state index is 5.88. The molecular formula is C17H19ClN+. The molecule has 0 aliphatic heterocycles. The van der Waals surface area contributed by atoms with Crippen molar-refractivity contribution in [3.63, 3.8) is 0 Å². The normalized spacial score (nSPS) is 11.1. The summed E-state index contributed by atoms with van der Waals surface area (Å²) in [6.45, 7) is 5.33. The van der Waals surface area contributed by atoms with Crippen molar-refractivity contribution in [3.05, 3.63) is 64.4 Å². The largest absolute Gasteiger partial charge is 0.205 e. The van der Waals surface area contributed by atoms with Gasteiger partial charge in [0.05, 0.1) is 0 Å². The molecule has 0 bridgehead atoms. The Balaban J connectivity index is 2.25. The third-order valence-electron chi connectivity index (χ3n) is 3.19. The monoisotopic (exact) mass is 272 g/mol. The summed E-state index contributed by atoms with van der Waals surface area (Å²) in [5.74, 6) is 0. The number of pyridine rings is 1. The van der Waals surface area contributed by atoms with Crippen LogP contribution in [0.1, 0.15) is 30.7 Å². The molecule has 0 unspecified atom stereocenters. The lowest BCUT2D eigenvalue weighted by Gasteiger charge is -2.00. The maximum absolute atomic E-state index is 5.88. The summed E-state index contributed by atoms with van der Waals surface area (Å²) in [5.41, 5.74) is 3.74. The van der Waals surface area contributed by atoms with Crippen molar-refractivity contribution in [2.45, 2.75) is 26.8 Å². The van der Waals surface area contributed by atoms with E-state index in [-0.39, 0.29) is 0 Å². The Kier molecular flexibility index (Phi) is 4.75. The van der Waals surface area contributed by atoms with Crippen LogP contribution in [0.15, 0.2) is 42.6 Å². The number of rotatable bonds is 4. The van der Waals surface area contributed by atoms with Crippen molar-refractivity contribution >= 4 is 23.8 Å². The van der Waals surface area contributed by atoms with Crippen molar-refractivity contribution in [1.29, 1.82) is 0 Å². The van der Waals surface area contributed by atoms with Crippen LogP contribution in [0.5, 0.6) is 0 Å². The van der Waals surface area contributed by atoms with Gasteiger partial charge in [-0.3, -0.25) is 0 Å². The highest BCUT2D eigenvalue weighted by Gasteiger charge is 2.06. The van der Waals surface area contributed by atoms with Crippen LogP contribution in [0, 0.1) is 0 Å². The summed E-state index contributed by atoms with van der Waals surface area (Å²) in [4.78, 5) is 0. The van der Waals surface area contributed by atoms with Gasteiger partial charge in [-0.2, -0.15) is 4.57 Å². The van der Waals surface area contributed by atoms with Crippen LogP contribution >= 0.6 is 11.6 Å². The average molecular weight is 273 g/mol. The SMILES string of the molecule is CCc1ccc(/C=C/c2ccc(Cl)cc2)[n+](CC)c1. The first-order valence-electron chi connectivity index (χ1n) is 6.69. The zero-order valence-corrected chi connectivity index (χ0v) is 12.2. The van der Waals surface area contributed by atoms with E-state index >= 15 is 0 Å². The number of halogens is 1. The predicted octanol–water partition coefficient (Wildman–Crippen LogP) is 4.38. The van der Waals surface area contributed by atoms with E-state index in [4.69, 9.17) is 11.6 Å². The van der Waals surface area contributed by atoms with E-state index in [1.165, 1.54) is 11.3 Å². The zero-order chi connectivity index (χ0) is 13.7. The van der Waals surface area contributed by atoms with Crippen molar-refractivity contribution in [3.8, 4) is 0 Å². The highest BCUT2D eigenvalue weighted by Crippen LogP contribution is 2.12. The Morgan fingerprint density at radius 1 is 1.00 bits per heavy atom. The van der Waals surface area contributed by atoms with Gasteiger partial charge in [0, 0.05) is 22.7 Å². The van der Waals surface area contributed by atoms with Gasteiger partial charge in [0.15, 0.2) is 6.20 Å². The molecule has 0 saturated heterocycles. The van der Waals surface area contributed by atoms with E-state index in [0.717, 1.165) is 23.6 Å². The number of nitrogens with zero attached hydrogens (tertiary/aromatic N) is 1. The number of hydrogen-bond donors (Lipinski definition) is 0. The second kappa shape index (κ2) is 6.53. The summed E-state index contributed by atoms with van der Waals surface area (Å²) in [7, 11) is 0. The van der Waals surface area contributed by atoms with Crippen LogP contribution in [0.2, 0.25) is 5.02 Å².